The molecule has 7 heteroatoms. The summed E-state index contributed by atoms with van der Waals surface area (Å²) in [6.07, 6.45) is 1.71. The van der Waals surface area contributed by atoms with Gasteiger partial charge < -0.3 is 19.8 Å². The third-order valence-electron chi connectivity index (χ3n) is 7.23. The van der Waals surface area contributed by atoms with Gasteiger partial charge in [-0.15, -0.1) is 0 Å². The van der Waals surface area contributed by atoms with Crippen molar-refractivity contribution in [3.8, 4) is 11.8 Å². The Hall–Kier alpha value is -2.14. The van der Waals surface area contributed by atoms with E-state index in [0.717, 1.165) is 42.8 Å². The van der Waals surface area contributed by atoms with Crippen molar-refractivity contribution in [3.63, 3.8) is 0 Å². The smallest absolute Gasteiger partial charge is 0.147 e. The summed E-state index contributed by atoms with van der Waals surface area (Å²) < 4.78 is 5.39. The first-order valence-electron chi connectivity index (χ1n) is 11.6. The summed E-state index contributed by atoms with van der Waals surface area (Å²) in [6, 6.07) is 12.0. The zero-order valence-corrected chi connectivity index (χ0v) is 19.6. The summed E-state index contributed by atoms with van der Waals surface area (Å²) in [4.78, 5) is 9.18. The third-order valence-corrected chi connectivity index (χ3v) is 7.51. The fourth-order valence-electron chi connectivity index (χ4n) is 5.29. The summed E-state index contributed by atoms with van der Waals surface area (Å²) in [6.45, 7) is 3.62. The van der Waals surface area contributed by atoms with Crippen molar-refractivity contribution >= 4 is 17.4 Å². The average Bonchev–Trinajstić information content (AvgIpc) is 3.20. The minimum atomic E-state index is -0.990. The maximum atomic E-state index is 11.3. The second-order valence-corrected chi connectivity index (χ2v) is 9.83. The number of anilines is 1. The Morgan fingerprint density at radius 3 is 2.61 bits per heavy atom. The van der Waals surface area contributed by atoms with Gasteiger partial charge in [-0.3, -0.25) is 4.90 Å². The molecule has 0 spiro atoms. The van der Waals surface area contributed by atoms with Crippen LogP contribution in [0.2, 0.25) is 5.02 Å². The van der Waals surface area contributed by atoms with Crippen LogP contribution in [-0.4, -0.2) is 77.7 Å². The monoisotopic (exact) mass is 467 g/mol. The summed E-state index contributed by atoms with van der Waals surface area (Å²) >= 11 is 6.68. The fraction of sp³-hybridized carbons (Fsp3) is 0.500. The number of ether oxygens (including phenoxy) is 1. The molecule has 5 heterocycles. The van der Waals surface area contributed by atoms with E-state index in [1.807, 2.05) is 29.2 Å². The molecule has 6 rings (SSSR count). The van der Waals surface area contributed by atoms with Gasteiger partial charge in [-0.1, -0.05) is 53.8 Å². The molecule has 174 valence electrons. The number of aliphatic hydroxyl groups is 2. The van der Waals surface area contributed by atoms with Crippen LogP contribution in [0.15, 0.2) is 36.4 Å². The number of hydrogen-bond acceptors (Lipinski definition) is 6. The van der Waals surface area contributed by atoms with E-state index in [-0.39, 0.29) is 12.0 Å². The van der Waals surface area contributed by atoms with Crippen molar-refractivity contribution < 1.29 is 14.9 Å². The first-order valence-corrected chi connectivity index (χ1v) is 12.0. The fourth-order valence-corrected chi connectivity index (χ4v) is 5.56. The summed E-state index contributed by atoms with van der Waals surface area (Å²) in [5, 5.41) is 22.0. The molecule has 6 nitrogen and oxygen atoms in total. The molecule has 0 unspecified atom stereocenters. The van der Waals surface area contributed by atoms with Crippen LogP contribution in [0.3, 0.4) is 0 Å². The lowest BCUT2D eigenvalue weighted by atomic mass is 9.75. The van der Waals surface area contributed by atoms with E-state index in [1.165, 1.54) is 0 Å². The molecule has 1 aromatic heterocycles. The van der Waals surface area contributed by atoms with Crippen LogP contribution in [0.1, 0.15) is 29.7 Å². The van der Waals surface area contributed by atoms with Gasteiger partial charge in [-0.2, -0.15) is 0 Å². The molecule has 0 amide bonds. The van der Waals surface area contributed by atoms with Gasteiger partial charge in [-0.05, 0) is 37.6 Å². The lowest BCUT2D eigenvalue weighted by Gasteiger charge is -2.47. The Labute approximate surface area is 200 Å². The number of aliphatic hydroxyl groups excluding tert-OH is 1. The molecule has 4 saturated heterocycles. The van der Waals surface area contributed by atoms with Crippen molar-refractivity contribution in [2.75, 3.05) is 44.7 Å². The Balaban J connectivity index is 1.50. The van der Waals surface area contributed by atoms with Crippen LogP contribution in [0.25, 0.3) is 0 Å². The molecule has 0 radical (unpaired) electrons. The van der Waals surface area contributed by atoms with Crippen molar-refractivity contribution in [1.82, 2.24) is 9.88 Å². The largest absolute Gasteiger partial charge is 0.388 e. The Morgan fingerprint density at radius 2 is 1.97 bits per heavy atom. The number of benzene rings is 1. The summed E-state index contributed by atoms with van der Waals surface area (Å²) in [7, 11) is 1.60. The third kappa shape index (κ3) is 4.62. The maximum absolute atomic E-state index is 11.3. The lowest BCUT2D eigenvalue weighted by Crippen LogP contribution is -2.58. The topological polar surface area (TPSA) is 69.1 Å². The summed E-state index contributed by atoms with van der Waals surface area (Å²) in [5.74, 6) is 7.30. The highest BCUT2D eigenvalue weighted by molar-refractivity contribution is 6.33. The molecule has 4 aliphatic heterocycles. The van der Waals surface area contributed by atoms with Crippen molar-refractivity contribution in [3.05, 3.63) is 58.2 Å². The number of halogens is 1. The van der Waals surface area contributed by atoms with Gasteiger partial charge in [0, 0.05) is 44.6 Å². The quantitative estimate of drug-likeness (QED) is 0.673. The van der Waals surface area contributed by atoms with Crippen molar-refractivity contribution in [1.29, 1.82) is 0 Å². The number of pyridine rings is 1. The molecule has 2 N–H and O–H groups in total. The van der Waals surface area contributed by atoms with Gasteiger partial charge >= 0.3 is 0 Å². The minimum Gasteiger partial charge on any atom is -0.388 e. The molecule has 3 atom stereocenters. The Kier molecular flexibility index (Phi) is 6.34. The predicted octanol–water partition coefficient (Wildman–Crippen LogP) is 2.33. The van der Waals surface area contributed by atoms with Gasteiger partial charge in [0.15, 0.2) is 0 Å². The molecule has 33 heavy (non-hydrogen) atoms. The molecule has 0 saturated carbocycles. The molecule has 4 aliphatic rings. The van der Waals surface area contributed by atoms with E-state index in [9.17, 15) is 10.2 Å². The standard InChI is InChI=1S/C26H30ClN3O3/c1-33-24-16-30(15-23(24)31)25-21(27)14-19(22(28-25)13-18-5-3-2-4-6-18)7-10-26(32)17-29-11-8-20(26)9-12-29/h2-6,14,20,23-24,31-32H,8-9,11-13,15-17H2,1H3/t23-,24-,26-/m1/s1. The van der Waals surface area contributed by atoms with Crippen LogP contribution in [0, 0.1) is 17.8 Å². The zero-order valence-electron chi connectivity index (χ0n) is 18.9. The van der Waals surface area contributed by atoms with E-state index in [4.69, 9.17) is 21.3 Å². The first kappa shape index (κ1) is 22.6. The van der Waals surface area contributed by atoms with Crippen LogP contribution in [-0.2, 0) is 11.2 Å². The number of β-amino-alcohol motifs (C(OH)–C–C–N with tert-alkyl or cyclic N) is 1. The number of rotatable bonds is 4. The van der Waals surface area contributed by atoms with Crippen LogP contribution < -0.4 is 4.90 Å². The van der Waals surface area contributed by atoms with E-state index >= 15 is 0 Å². The number of piperidine rings is 3. The molecule has 2 bridgehead atoms. The van der Waals surface area contributed by atoms with Gasteiger partial charge in [0.05, 0.1) is 16.8 Å². The van der Waals surface area contributed by atoms with E-state index < -0.39 is 11.7 Å². The highest BCUT2D eigenvalue weighted by atomic mass is 35.5. The average molecular weight is 468 g/mol. The second-order valence-electron chi connectivity index (χ2n) is 9.42. The van der Waals surface area contributed by atoms with Gasteiger partial charge in [0.25, 0.3) is 0 Å². The second kappa shape index (κ2) is 9.25. The number of methoxy groups -OCH3 is 1. The highest BCUT2D eigenvalue weighted by Gasteiger charge is 2.44. The Morgan fingerprint density at radius 1 is 1.21 bits per heavy atom. The van der Waals surface area contributed by atoms with E-state index in [2.05, 4.69) is 28.9 Å². The predicted molar refractivity (Wildman–Crippen MR) is 129 cm³/mol. The normalized spacial score (nSPS) is 30.8. The van der Waals surface area contributed by atoms with Gasteiger partial charge in [0.2, 0.25) is 0 Å². The van der Waals surface area contributed by atoms with Crippen molar-refractivity contribution in [2.45, 2.75) is 37.1 Å². The molecule has 2 aromatic rings. The number of nitrogens with zero attached hydrogens (tertiary/aromatic N) is 3. The number of aromatic nitrogens is 1. The minimum absolute atomic E-state index is 0.215. The SMILES string of the molecule is CO[C@@H]1CN(c2nc(Cc3ccccc3)c(C#C[C@@]3(O)CN4CCC3CC4)cc2Cl)C[C@H]1O. The van der Waals surface area contributed by atoms with Gasteiger partial charge in [0.1, 0.15) is 17.5 Å². The highest BCUT2D eigenvalue weighted by Crippen LogP contribution is 2.36. The number of hydrogen-bond donors (Lipinski definition) is 2. The van der Waals surface area contributed by atoms with Crippen LogP contribution in [0.4, 0.5) is 5.82 Å². The van der Waals surface area contributed by atoms with Crippen LogP contribution >= 0.6 is 11.6 Å². The first-order chi connectivity index (χ1) is 15.9. The van der Waals surface area contributed by atoms with E-state index in [0.29, 0.717) is 36.9 Å². The van der Waals surface area contributed by atoms with Gasteiger partial charge in [-0.25, -0.2) is 4.98 Å². The molecule has 4 fully saturated rings. The molecule has 1 aromatic carbocycles. The molecule has 0 aliphatic carbocycles. The van der Waals surface area contributed by atoms with Crippen molar-refractivity contribution in [2.24, 2.45) is 5.92 Å². The molecular weight excluding hydrogens is 438 g/mol. The Bertz CT molecular complexity index is 1060. The maximum Gasteiger partial charge on any atom is 0.147 e. The summed E-state index contributed by atoms with van der Waals surface area (Å²) in [5.41, 5.74) is 1.68. The lowest BCUT2D eigenvalue weighted by molar-refractivity contribution is -0.0713. The number of fused-ring (bicyclic) bond motifs is 3. The van der Waals surface area contributed by atoms with E-state index in [1.54, 1.807) is 7.11 Å². The van der Waals surface area contributed by atoms with Crippen LogP contribution in [0.5, 0.6) is 0 Å². The zero-order chi connectivity index (χ0) is 23.0. The molecular formula is C26H30ClN3O3.